The van der Waals surface area contributed by atoms with Crippen LogP contribution in [0, 0.1) is 11.3 Å². The van der Waals surface area contributed by atoms with Crippen molar-refractivity contribution in [3.8, 4) is 17.8 Å². The third kappa shape index (κ3) is 5.68. The number of benzene rings is 1. The number of carbonyl (C=O) groups excluding carboxylic acids is 1. The summed E-state index contributed by atoms with van der Waals surface area (Å²) in [5.41, 5.74) is 3.93. The van der Waals surface area contributed by atoms with Crippen molar-refractivity contribution in [1.29, 1.82) is 5.26 Å². The first kappa shape index (κ1) is 25.8. The number of allylic oxidation sites excluding steroid dienone is 4. The molecule has 38 heavy (non-hydrogen) atoms. The average molecular weight is 532 g/mol. The Morgan fingerprint density at radius 1 is 1.11 bits per heavy atom. The number of likely N-dealkylation sites (tertiary alicyclic amines) is 1. The number of halogens is 1. The van der Waals surface area contributed by atoms with E-state index in [2.05, 4.69) is 27.0 Å². The fraction of sp³-hybridized carbons (Fsp3) is 0.379. The van der Waals surface area contributed by atoms with Crippen molar-refractivity contribution in [3.05, 3.63) is 64.0 Å². The molecular formula is C29H30ClN5O3. The van der Waals surface area contributed by atoms with E-state index in [0.717, 1.165) is 37.2 Å². The summed E-state index contributed by atoms with van der Waals surface area (Å²) in [7, 11) is 0. The zero-order valence-corrected chi connectivity index (χ0v) is 22.6. The topological polar surface area (TPSA) is 104 Å². The summed E-state index contributed by atoms with van der Waals surface area (Å²) >= 11 is 6.63. The van der Waals surface area contributed by atoms with Crippen LogP contribution in [0.5, 0.6) is 11.8 Å². The molecule has 196 valence electrons. The zero-order chi connectivity index (χ0) is 26.9. The predicted octanol–water partition coefficient (Wildman–Crippen LogP) is 6.78. The lowest BCUT2D eigenvalue weighted by Gasteiger charge is -2.32. The highest BCUT2D eigenvalue weighted by Crippen LogP contribution is 2.34. The number of piperidine rings is 1. The molecule has 8 nitrogen and oxygen atoms in total. The maximum Gasteiger partial charge on any atom is 0.340 e. The number of ether oxygens (including phenoxy) is 2. The fourth-order valence-electron chi connectivity index (χ4n) is 4.74. The molecule has 2 aliphatic rings. The quantitative estimate of drug-likeness (QED) is 0.362. The summed E-state index contributed by atoms with van der Waals surface area (Å²) in [6.07, 6.45) is 9.97. The summed E-state index contributed by atoms with van der Waals surface area (Å²) in [5, 5.41) is 9.97. The minimum atomic E-state index is -0.694. The number of nitriles is 1. The standard InChI is InChI=1S/C29H30ClN5O3/c1-29(2,3)38-27(36)22-15-21(12-9-19(22)17-31)37-28-32-24-16-23(30)25(33-26(24)34-28)18-7-10-20(11-8-18)35-13-5-4-6-14-35/h7,9-10,12,15-16H,4-6,8,11,13-14H2,1-3H3,(H,32,33,34). The molecule has 2 aromatic heterocycles. The first-order chi connectivity index (χ1) is 18.2. The lowest BCUT2D eigenvalue weighted by molar-refractivity contribution is 0.00688. The molecule has 3 aromatic rings. The van der Waals surface area contributed by atoms with E-state index in [-0.39, 0.29) is 17.1 Å². The molecule has 0 unspecified atom stereocenters. The van der Waals surface area contributed by atoms with Crippen LogP contribution < -0.4 is 4.74 Å². The van der Waals surface area contributed by atoms with Gasteiger partial charge in [0.2, 0.25) is 0 Å². The van der Waals surface area contributed by atoms with E-state index in [1.165, 1.54) is 37.1 Å². The fourth-order valence-corrected chi connectivity index (χ4v) is 5.01. The number of fused-ring (bicyclic) bond motifs is 1. The molecular weight excluding hydrogens is 502 g/mol. The number of aromatic amines is 1. The van der Waals surface area contributed by atoms with Crippen LogP contribution in [0.3, 0.4) is 0 Å². The number of carbonyl (C=O) groups is 1. The van der Waals surface area contributed by atoms with Crippen LogP contribution in [0.2, 0.25) is 5.02 Å². The number of imidazole rings is 1. The lowest BCUT2D eigenvalue weighted by atomic mass is 9.97. The van der Waals surface area contributed by atoms with Crippen molar-refractivity contribution in [2.75, 3.05) is 13.1 Å². The number of nitrogens with zero attached hydrogens (tertiary/aromatic N) is 4. The third-order valence-corrected chi connectivity index (χ3v) is 6.83. The highest BCUT2D eigenvalue weighted by atomic mass is 35.5. The van der Waals surface area contributed by atoms with Gasteiger partial charge in [0.15, 0.2) is 5.65 Å². The van der Waals surface area contributed by atoms with E-state index in [0.29, 0.717) is 21.9 Å². The van der Waals surface area contributed by atoms with Crippen LogP contribution in [-0.2, 0) is 4.74 Å². The minimum absolute atomic E-state index is 0.126. The van der Waals surface area contributed by atoms with E-state index in [1.807, 2.05) is 6.07 Å². The number of nitrogens with one attached hydrogen (secondary N) is 1. The van der Waals surface area contributed by atoms with Gasteiger partial charge in [0, 0.05) is 18.8 Å². The summed E-state index contributed by atoms with van der Waals surface area (Å²) in [6.45, 7) is 7.57. The number of aromatic nitrogens is 3. The van der Waals surface area contributed by atoms with E-state index >= 15 is 0 Å². The molecule has 0 atom stereocenters. The Kier molecular flexibility index (Phi) is 7.13. The molecule has 1 aromatic carbocycles. The molecule has 1 saturated heterocycles. The molecule has 1 N–H and O–H groups in total. The van der Waals surface area contributed by atoms with Gasteiger partial charge in [0.05, 0.1) is 27.4 Å². The molecule has 1 fully saturated rings. The van der Waals surface area contributed by atoms with Crippen LogP contribution in [0.1, 0.15) is 74.5 Å². The van der Waals surface area contributed by atoms with Crippen LogP contribution in [-0.4, -0.2) is 44.5 Å². The Morgan fingerprint density at radius 2 is 1.89 bits per heavy atom. The smallest absolute Gasteiger partial charge is 0.340 e. The second-order valence-corrected chi connectivity index (χ2v) is 11.0. The Labute approximate surface area is 226 Å². The van der Waals surface area contributed by atoms with Gasteiger partial charge >= 0.3 is 12.0 Å². The van der Waals surface area contributed by atoms with Gasteiger partial charge < -0.3 is 19.4 Å². The molecule has 0 spiro atoms. The predicted molar refractivity (Wildman–Crippen MR) is 146 cm³/mol. The van der Waals surface area contributed by atoms with Crippen molar-refractivity contribution < 1.29 is 14.3 Å². The molecule has 0 amide bonds. The molecule has 9 heteroatoms. The molecule has 0 bridgehead atoms. The summed E-state index contributed by atoms with van der Waals surface area (Å²) in [5.74, 6) is -0.263. The molecule has 5 rings (SSSR count). The van der Waals surface area contributed by atoms with Crippen LogP contribution in [0.4, 0.5) is 0 Å². The maximum atomic E-state index is 12.6. The lowest BCUT2D eigenvalue weighted by Crippen LogP contribution is -2.29. The van der Waals surface area contributed by atoms with E-state index in [1.54, 1.807) is 32.9 Å². The van der Waals surface area contributed by atoms with Gasteiger partial charge in [0.25, 0.3) is 0 Å². The molecule has 1 aliphatic carbocycles. The molecule has 1 aliphatic heterocycles. The van der Waals surface area contributed by atoms with E-state index < -0.39 is 11.6 Å². The molecule has 0 saturated carbocycles. The zero-order valence-electron chi connectivity index (χ0n) is 21.8. The Morgan fingerprint density at radius 3 is 2.58 bits per heavy atom. The number of H-pyrrole nitrogens is 1. The third-order valence-electron chi connectivity index (χ3n) is 6.54. The van der Waals surface area contributed by atoms with Crippen molar-refractivity contribution in [2.24, 2.45) is 0 Å². The largest absolute Gasteiger partial charge is 0.456 e. The first-order valence-electron chi connectivity index (χ1n) is 12.9. The van der Waals surface area contributed by atoms with Crippen LogP contribution in [0.15, 0.2) is 42.1 Å². The second kappa shape index (κ2) is 10.5. The monoisotopic (exact) mass is 531 g/mol. The number of hydrogen-bond acceptors (Lipinski definition) is 7. The minimum Gasteiger partial charge on any atom is -0.456 e. The highest BCUT2D eigenvalue weighted by Gasteiger charge is 2.22. The van der Waals surface area contributed by atoms with Crippen molar-refractivity contribution >= 4 is 34.3 Å². The Hall–Kier alpha value is -3.83. The van der Waals surface area contributed by atoms with Crippen LogP contribution >= 0.6 is 11.6 Å². The first-order valence-corrected chi connectivity index (χ1v) is 13.2. The van der Waals surface area contributed by atoms with Gasteiger partial charge in [-0.15, -0.1) is 0 Å². The Bertz CT molecular complexity index is 1490. The van der Waals surface area contributed by atoms with Crippen molar-refractivity contribution in [1.82, 2.24) is 19.9 Å². The average Bonchev–Trinajstić information content (AvgIpc) is 3.28. The van der Waals surface area contributed by atoms with Crippen molar-refractivity contribution in [2.45, 2.75) is 58.5 Å². The summed E-state index contributed by atoms with van der Waals surface area (Å²) in [6, 6.07) is 8.62. The van der Waals surface area contributed by atoms with Gasteiger partial charge in [-0.05, 0) is 88.8 Å². The number of rotatable bonds is 5. The van der Waals surface area contributed by atoms with E-state index in [4.69, 9.17) is 26.1 Å². The van der Waals surface area contributed by atoms with Gasteiger partial charge in [-0.1, -0.05) is 17.7 Å². The normalized spacial score (nSPS) is 16.0. The van der Waals surface area contributed by atoms with Crippen LogP contribution in [0.25, 0.3) is 16.7 Å². The highest BCUT2D eigenvalue weighted by molar-refractivity contribution is 6.32. The maximum absolute atomic E-state index is 12.6. The number of esters is 1. The summed E-state index contributed by atoms with van der Waals surface area (Å²) in [4.78, 5) is 27.4. The SMILES string of the molecule is CC(C)(C)OC(=O)c1cc(Oc2nc3nc(C4=CC=C(N5CCCCC5)CC4)c(Cl)cc3[nH]2)ccc1C#N. The Balaban J connectivity index is 1.38. The molecule has 3 heterocycles. The van der Waals surface area contributed by atoms with Gasteiger partial charge in [-0.25, -0.2) is 9.78 Å². The number of pyridine rings is 1. The van der Waals surface area contributed by atoms with Gasteiger partial charge in [-0.2, -0.15) is 10.2 Å². The van der Waals surface area contributed by atoms with Gasteiger partial charge in [-0.3, -0.25) is 0 Å². The van der Waals surface area contributed by atoms with Gasteiger partial charge in [0.1, 0.15) is 17.4 Å². The number of hydrogen-bond donors (Lipinski definition) is 1. The van der Waals surface area contributed by atoms with E-state index in [9.17, 15) is 10.1 Å². The second-order valence-electron chi connectivity index (χ2n) is 10.6. The molecule has 0 radical (unpaired) electrons. The summed E-state index contributed by atoms with van der Waals surface area (Å²) < 4.78 is 11.3. The van der Waals surface area contributed by atoms with Crippen molar-refractivity contribution in [3.63, 3.8) is 0 Å².